The van der Waals surface area contributed by atoms with Crippen LogP contribution in [0.5, 0.6) is 0 Å². The summed E-state index contributed by atoms with van der Waals surface area (Å²) in [5.41, 5.74) is 6.67. The van der Waals surface area contributed by atoms with E-state index in [-0.39, 0.29) is 24.4 Å². The minimum absolute atomic E-state index is 0. The molecule has 0 spiro atoms. The van der Waals surface area contributed by atoms with Crippen molar-refractivity contribution in [2.24, 2.45) is 11.7 Å². The van der Waals surface area contributed by atoms with Crippen molar-refractivity contribution >= 4 is 29.8 Å². The zero-order valence-electron chi connectivity index (χ0n) is 9.68. The molecule has 1 aromatic heterocycles. The summed E-state index contributed by atoms with van der Waals surface area (Å²) in [7, 11) is 0. The minimum Gasteiger partial charge on any atom is -0.350 e. The van der Waals surface area contributed by atoms with Crippen molar-refractivity contribution in [3.05, 3.63) is 10.6 Å². The number of rotatable bonds is 5. The van der Waals surface area contributed by atoms with Crippen LogP contribution in [0.15, 0.2) is 0 Å². The highest BCUT2D eigenvalue weighted by Gasteiger charge is 2.28. The van der Waals surface area contributed by atoms with E-state index in [2.05, 4.69) is 14.9 Å². The molecular formula is C10H17ClN4OS. The summed E-state index contributed by atoms with van der Waals surface area (Å²) in [5, 5.41) is 6.75. The lowest BCUT2D eigenvalue weighted by Gasteiger charge is -2.10. The molecule has 0 saturated heterocycles. The monoisotopic (exact) mass is 276 g/mol. The normalized spacial score (nSPS) is 16.1. The minimum atomic E-state index is -0.0945. The molecule has 1 amide bonds. The van der Waals surface area contributed by atoms with Crippen molar-refractivity contribution in [3.63, 3.8) is 0 Å². The zero-order chi connectivity index (χ0) is 11.5. The second-order valence-electron chi connectivity index (χ2n) is 4.11. The zero-order valence-corrected chi connectivity index (χ0v) is 11.3. The molecule has 1 aliphatic carbocycles. The molecule has 1 atom stereocenters. The quantitative estimate of drug-likeness (QED) is 0.840. The van der Waals surface area contributed by atoms with Crippen molar-refractivity contribution in [1.29, 1.82) is 0 Å². The predicted molar refractivity (Wildman–Crippen MR) is 69.6 cm³/mol. The molecule has 1 unspecified atom stereocenters. The average molecular weight is 277 g/mol. The smallest absolute Gasteiger partial charge is 0.265 e. The lowest BCUT2D eigenvalue weighted by Crippen LogP contribution is -2.38. The van der Waals surface area contributed by atoms with Crippen LogP contribution in [0.1, 0.15) is 35.1 Å². The Balaban J connectivity index is 0.00000144. The summed E-state index contributed by atoms with van der Waals surface area (Å²) in [5.74, 6) is 0.508. The predicted octanol–water partition coefficient (Wildman–Crippen LogP) is 0.989. The molecule has 0 aliphatic heterocycles. The second-order valence-corrected chi connectivity index (χ2v) is 4.87. The number of hydrogen-bond donors (Lipinski definition) is 2. The molecule has 2 rings (SSSR count). The standard InChI is InChI=1S/C10H16N4OS.ClH/c1-2-8-9(16-14-13-8)10(15)12-5-7(11)6-3-4-6;/h6-7H,2-5,11H2,1H3,(H,12,15);1H. The molecule has 5 nitrogen and oxygen atoms in total. The van der Waals surface area contributed by atoms with Gasteiger partial charge in [-0.1, -0.05) is 11.4 Å². The number of carbonyl (C=O) groups is 1. The molecule has 7 heteroatoms. The van der Waals surface area contributed by atoms with E-state index < -0.39 is 0 Å². The molecule has 1 heterocycles. The van der Waals surface area contributed by atoms with E-state index in [0.717, 1.165) is 23.6 Å². The maximum atomic E-state index is 11.8. The second kappa shape index (κ2) is 6.28. The average Bonchev–Trinajstić information content (AvgIpc) is 3.03. The van der Waals surface area contributed by atoms with Crippen LogP contribution >= 0.6 is 23.9 Å². The fraction of sp³-hybridized carbons (Fsp3) is 0.700. The van der Waals surface area contributed by atoms with Gasteiger partial charge in [-0.25, -0.2) is 0 Å². The van der Waals surface area contributed by atoms with Gasteiger partial charge in [0, 0.05) is 12.6 Å². The van der Waals surface area contributed by atoms with Crippen molar-refractivity contribution in [2.45, 2.75) is 32.2 Å². The van der Waals surface area contributed by atoms with Gasteiger partial charge in [-0.3, -0.25) is 4.79 Å². The van der Waals surface area contributed by atoms with Gasteiger partial charge in [-0.2, -0.15) is 0 Å². The molecular weight excluding hydrogens is 260 g/mol. The highest BCUT2D eigenvalue weighted by molar-refractivity contribution is 7.08. The first kappa shape index (κ1) is 14.3. The van der Waals surface area contributed by atoms with Crippen LogP contribution in [0.4, 0.5) is 0 Å². The fourth-order valence-corrected chi connectivity index (χ4v) is 2.26. The Hall–Kier alpha value is -0.720. The third kappa shape index (κ3) is 3.62. The summed E-state index contributed by atoms with van der Waals surface area (Å²) in [6.45, 7) is 2.51. The van der Waals surface area contributed by atoms with Gasteiger partial charge in [0.15, 0.2) is 0 Å². The molecule has 17 heavy (non-hydrogen) atoms. The van der Waals surface area contributed by atoms with Gasteiger partial charge in [0.1, 0.15) is 4.88 Å². The first-order valence-electron chi connectivity index (χ1n) is 5.57. The number of nitrogens with zero attached hydrogens (tertiary/aromatic N) is 2. The van der Waals surface area contributed by atoms with Crippen molar-refractivity contribution in [1.82, 2.24) is 14.9 Å². The fourth-order valence-electron chi connectivity index (χ4n) is 1.59. The molecule has 1 saturated carbocycles. The van der Waals surface area contributed by atoms with Crippen molar-refractivity contribution in [2.75, 3.05) is 6.54 Å². The van der Waals surface area contributed by atoms with E-state index in [1.807, 2.05) is 6.92 Å². The van der Waals surface area contributed by atoms with Gasteiger partial charge in [0.05, 0.1) is 5.69 Å². The molecule has 1 fully saturated rings. The number of nitrogens with two attached hydrogens (primary N) is 1. The largest absolute Gasteiger partial charge is 0.350 e. The van der Waals surface area contributed by atoms with E-state index >= 15 is 0 Å². The maximum Gasteiger partial charge on any atom is 0.265 e. The molecule has 96 valence electrons. The number of nitrogens with one attached hydrogen (secondary N) is 1. The molecule has 3 N–H and O–H groups in total. The number of aromatic nitrogens is 2. The van der Waals surface area contributed by atoms with E-state index in [9.17, 15) is 4.79 Å². The molecule has 0 radical (unpaired) electrons. The van der Waals surface area contributed by atoms with E-state index in [1.165, 1.54) is 12.8 Å². The maximum absolute atomic E-state index is 11.8. The van der Waals surface area contributed by atoms with E-state index in [4.69, 9.17) is 5.73 Å². The highest BCUT2D eigenvalue weighted by Crippen LogP contribution is 2.31. The summed E-state index contributed by atoms with van der Waals surface area (Å²) < 4.78 is 3.79. The van der Waals surface area contributed by atoms with Gasteiger partial charge in [0.25, 0.3) is 5.91 Å². The third-order valence-electron chi connectivity index (χ3n) is 2.82. The third-order valence-corrected chi connectivity index (χ3v) is 3.59. The van der Waals surface area contributed by atoms with Gasteiger partial charge in [-0.05, 0) is 36.7 Å². The molecule has 1 aliphatic rings. The van der Waals surface area contributed by atoms with Gasteiger partial charge >= 0.3 is 0 Å². The van der Waals surface area contributed by atoms with Gasteiger partial charge in [0.2, 0.25) is 0 Å². The van der Waals surface area contributed by atoms with Gasteiger partial charge in [-0.15, -0.1) is 17.5 Å². The Bertz CT molecular complexity index is 380. The number of aryl methyl sites for hydroxylation is 1. The highest BCUT2D eigenvalue weighted by atomic mass is 35.5. The summed E-state index contributed by atoms with van der Waals surface area (Å²) in [4.78, 5) is 12.4. The van der Waals surface area contributed by atoms with Crippen LogP contribution in [-0.2, 0) is 6.42 Å². The Labute approximate surface area is 111 Å². The first-order chi connectivity index (χ1) is 7.72. The van der Waals surface area contributed by atoms with Crippen molar-refractivity contribution < 1.29 is 4.79 Å². The van der Waals surface area contributed by atoms with Crippen LogP contribution in [0.2, 0.25) is 0 Å². The first-order valence-corrected chi connectivity index (χ1v) is 6.34. The van der Waals surface area contributed by atoms with Crippen LogP contribution < -0.4 is 11.1 Å². The lowest BCUT2D eigenvalue weighted by molar-refractivity contribution is 0.0953. The number of halogens is 1. The Morgan fingerprint density at radius 2 is 2.35 bits per heavy atom. The SMILES string of the molecule is CCc1nnsc1C(=O)NCC(N)C1CC1.Cl. The number of carbonyl (C=O) groups excluding carboxylic acids is 1. The van der Waals surface area contributed by atoms with E-state index in [1.54, 1.807) is 0 Å². The molecule has 1 aromatic rings. The Morgan fingerprint density at radius 3 is 2.94 bits per heavy atom. The Morgan fingerprint density at radius 1 is 1.65 bits per heavy atom. The Kier molecular flexibility index (Phi) is 5.30. The molecule has 0 aromatic carbocycles. The summed E-state index contributed by atoms with van der Waals surface area (Å²) in [6.07, 6.45) is 3.12. The number of hydrogen-bond acceptors (Lipinski definition) is 5. The van der Waals surface area contributed by atoms with Crippen LogP contribution in [-0.4, -0.2) is 28.1 Å². The van der Waals surface area contributed by atoms with E-state index in [0.29, 0.717) is 17.3 Å². The topological polar surface area (TPSA) is 80.9 Å². The van der Waals surface area contributed by atoms with Crippen LogP contribution in [0, 0.1) is 5.92 Å². The van der Waals surface area contributed by atoms with Crippen LogP contribution in [0.25, 0.3) is 0 Å². The number of amides is 1. The summed E-state index contributed by atoms with van der Waals surface area (Å²) in [6, 6.07) is 0.0925. The summed E-state index contributed by atoms with van der Waals surface area (Å²) >= 11 is 1.14. The van der Waals surface area contributed by atoms with Crippen LogP contribution in [0.3, 0.4) is 0 Å². The lowest BCUT2D eigenvalue weighted by atomic mass is 10.2. The van der Waals surface area contributed by atoms with Crippen molar-refractivity contribution in [3.8, 4) is 0 Å². The molecule has 0 bridgehead atoms. The van der Waals surface area contributed by atoms with Gasteiger partial charge < -0.3 is 11.1 Å².